The second-order valence-electron chi connectivity index (χ2n) is 6.51. The third kappa shape index (κ3) is 3.53. The molecular formula is C19H24N2O5. The quantitative estimate of drug-likeness (QED) is 0.781. The van der Waals surface area contributed by atoms with Crippen molar-refractivity contribution >= 4 is 16.7 Å². The molecule has 2 heterocycles. The number of hydrogen-bond donors (Lipinski definition) is 0. The first kappa shape index (κ1) is 18.3. The van der Waals surface area contributed by atoms with E-state index in [1.54, 1.807) is 43.5 Å². The van der Waals surface area contributed by atoms with Crippen molar-refractivity contribution in [3.05, 3.63) is 34.7 Å². The summed E-state index contributed by atoms with van der Waals surface area (Å²) in [6, 6.07) is 5.16. The number of pyridine rings is 1. The molecular weight excluding hydrogens is 336 g/mol. The van der Waals surface area contributed by atoms with Crippen molar-refractivity contribution in [2.24, 2.45) is 5.92 Å². The van der Waals surface area contributed by atoms with Crippen molar-refractivity contribution in [1.29, 1.82) is 0 Å². The van der Waals surface area contributed by atoms with E-state index in [1.807, 2.05) is 0 Å². The third-order valence-corrected chi connectivity index (χ3v) is 4.78. The minimum Gasteiger partial charge on any atom is -0.493 e. The molecule has 1 aromatic heterocycles. The molecule has 7 nitrogen and oxygen atoms in total. The molecule has 3 rings (SSSR count). The lowest BCUT2D eigenvalue weighted by atomic mass is 10.1. The summed E-state index contributed by atoms with van der Waals surface area (Å²) in [6.07, 6.45) is 2.59. The molecule has 1 aliphatic heterocycles. The van der Waals surface area contributed by atoms with Crippen LogP contribution in [-0.4, -0.2) is 56.4 Å². The molecule has 1 saturated heterocycles. The van der Waals surface area contributed by atoms with Crippen LogP contribution in [0.4, 0.5) is 0 Å². The zero-order valence-electron chi connectivity index (χ0n) is 15.4. The molecule has 1 fully saturated rings. The zero-order chi connectivity index (χ0) is 18.7. The number of aromatic nitrogens is 1. The number of fused-ring (bicyclic) bond motifs is 1. The summed E-state index contributed by atoms with van der Waals surface area (Å²) in [7, 11) is 4.85. The van der Waals surface area contributed by atoms with Crippen molar-refractivity contribution in [3.63, 3.8) is 0 Å². The fourth-order valence-corrected chi connectivity index (χ4v) is 3.30. The summed E-state index contributed by atoms with van der Waals surface area (Å²) in [5.74, 6) is 1.35. The number of ether oxygens (including phenoxy) is 3. The molecule has 2 aromatic rings. The van der Waals surface area contributed by atoms with E-state index >= 15 is 0 Å². The highest BCUT2D eigenvalue weighted by Gasteiger charge is 2.21. The summed E-state index contributed by atoms with van der Waals surface area (Å²) < 4.78 is 17.4. The molecule has 1 amide bonds. The van der Waals surface area contributed by atoms with Gasteiger partial charge in [-0.15, -0.1) is 0 Å². The molecule has 0 spiro atoms. The van der Waals surface area contributed by atoms with Crippen LogP contribution in [0.25, 0.3) is 10.8 Å². The zero-order valence-corrected chi connectivity index (χ0v) is 15.4. The highest BCUT2D eigenvalue weighted by Crippen LogP contribution is 2.33. The van der Waals surface area contributed by atoms with Gasteiger partial charge in [-0.25, -0.2) is 0 Å². The van der Waals surface area contributed by atoms with Gasteiger partial charge in [0.05, 0.1) is 26.2 Å². The van der Waals surface area contributed by atoms with Gasteiger partial charge in [0.15, 0.2) is 11.5 Å². The number of carbonyl (C=O) groups excluding carboxylic acids is 1. The van der Waals surface area contributed by atoms with E-state index in [2.05, 4.69) is 0 Å². The smallest absolute Gasteiger partial charge is 0.259 e. The second-order valence-corrected chi connectivity index (χ2v) is 6.51. The van der Waals surface area contributed by atoms with Crippen molar-refractivity contribution in [1.82, 2.24) is 9.47 Å². The van der Waals surface area contributed by atoms with Crippen molar-refractivity contribution < 1.29 is 19.0 Å². The van der Waals surface area contributed by atoms with Crippen LogP contribution in [0.2, 0.25) is 0 Å². The fourth-order valence-electron chi connectivity index (χ4n) is 3.30. The normalized spacial score (nSPS) is 16.7. The Morgan fingerprint density at radius 1 is 1.27 bits per heavy atom. The van der Waals surface area contributed by atoms with Gasteiger partial charge in [0.1, 0.15) is 6.54 Å². The predicted octanol–water partition coefficient (Wildman–Crippen LogP) is 1.51. The summed E-state index contributed by atoms with van der Waals surface area (Å²) in [5, 5.41) is 1.15. The summed E-state index contributed by atoms with van der Waals surface area (Å²) in [4.78, 5) is 26.9. The number of methoxy groups -OCH3 is 2. The number of carbonyl (C=O) groups is 1. The molecule has 7 heteroatoms. The van der Waals surface area contributed by atoms with Gasteiger partial charge in [0.2, 0.25) is 5.91 Å². The topological polar surface area (TPSA) is 70.0 Å². The average Bonchev–Trinajstić information content (AvgIpc) is 3.15. The molecule has 0 radical (unpaired) electrons. The Balaban J connectivity index is 1.83. The molecule has 0 saturated carbocycles. The molecule has 26 heavy (non-hydrogen) atoms. The van der Waals surface area contributed by atoms with E-state index in [-0.39, 0.29) is 18.0 Å². The Bertz CT molecular complexity index is 855. The lowest BCUT2D eigenvalue weighted by molar-refractivity contribution is -0.131. The molecule has 0 aliphatic carbocycles. The molecule has 0 unspecified atom stereocenters. The minimum atomic E-state index is -0.227. The van der Waals surface area contributed by atoms with E-state index in [9.17, 15) is 9.59 Å². The highest BCUT2D eigenvalue weighted by molar-refractivity contribution is 5.90. The van der Waals surface area contributed by atoms with Crippen LogP contribution in [0.1, 0.15) is 6.42 Å². The average molecular weight is 360 g/mol. The van der Waals surface area contributed by atoms with Crippen LogP contribution >= 0.6 is 0 Å². The van der Waals surface area contributed by atoms with Gasteiger partial charge in [-0.2, -0.15) is 0 Å². The Labute approximate surface area is 152 Å². The van der Waals surface area contributed by atoms with Crippen LogP contribution in [0.5, 0.6) is 11.5 Å². The first-order chi connectivity index (χ1) is 12.5. The number of benzene rings is 1. The molecule has 140 valence electrons. The number of amides is 1. The third-order valence-electron chi connectivity index (χ3n) is 4.78. The monoisotopic (exact) mass is 360 g/mol. The maximum atomic E-state index is 12.8. The fraction of sp³-hybridized carbons (Fsp3) is 0.474. The maximum Gasteiger partial charge on any atom is 0.259 e. The van der Waals surface area contributed by atoms with E-state index < -0.39 is 0 Å². The first-order valence-electron chi connectivity index (χ1n) is 8.61. The number of nitrogens with zero attached hydrogens (tertiary/aromatic N) is 2. The summed E-state index contributed by atoms with van der Waals surface area (Å²) >= 11 is 0. The van der Waals surface area contributed by atoms with Crippen LogP contribution in [0.3, 0.4) is 0 Å². The van der Waals surface area contributed by atoms with Crippen LogP contribution in [-0.2, 0) is 16.1 Å². The van der Waals surface area contributed by atoms with E-state index in [0.717, 1.165) is 13.0 Å². The summed E-state index contributed by atoms with van der Waals surface area (Å²) in [6.45, 7) is 2.09. The van der Waals surface area contributed by atoms with Gasteiger partial charge in [-0.05, 0) is 24.6 Å². The van der Waals surface area contributed by atoms with Gasteiger partial charge in [0, 0.05) is 37.7 Å². The van der Waals surface area contributed by atoms with Gasteiger partial charge in [-0.3, -0.25) is 9.59 Å². The van der Waals surface area contributed by atoms with Gasteiger partial charge in [-0.1, -0.05) is 0 Å². The van der Waals surface area contributed by atoms with Crippen molar-refractivity contribution in [2.45, 2.75) is 13.0 Å². The van der Waals surface area contributed by atoms with Crippen LogP contribution in [0.15, 0.2) is 29.2 Å². The van der Waals surface area contributed by atoms with E-state index in [0.29, 0.717) is 41.3 Å². The molecule has 0 N–H and O–H groups in total. The molecule has 1 atom stereocenters. The maximum absolute atomic E-state index is 12.8. The Hall–Kier alpha value is -2.54. The Morgan fingerprint density at radius 2 is 2.08 bits per heavy atom. The van der Waals surface area contributed by atoms with Crippen molar-refractivity contribution in [3.8, 4) is 11.5 Å². The molecule has 0 bridgehead atoms. The molecule has 1 aromatic carbocycles. The SMILES string of the molecule is COc1ccc2c(=O)n(CC(=O)N(C)C[C@H]3CCOC3)ccc2c1OC. The van der Waals surface area contributed by atoms with Crippen molar-refractivity contribution in [2.75, 3.05) is 41.0 Å². The summed E-state index contributed by atoms with van der Waals surface area (Å²) in [5.41, 5.74) is -0.227. The van der Waals surface area contributed by atoms with Crippen LogP contribution in [0, 0.1) is 5.92 Å². The largest absolute Gasteiger partial charge is 0.493 e. The van der Waals surface area contributed by atoms with Gasteiger partial charge in [0.25, 0.3) is 5.56 Å². The van der Waals surface area contributed by atoms with E-state index in [1.165, 1.54) is 11.7 Å². The first-order valence-corrected chi connectivity index (χ1v) is 8.61. The lowest BCUT2D eigenvalue weighted by Gasteiger charge is -2.21. The number of rotatable bonds is 6. The highest BCUT2D eigenvalue weighted by atomic mass is 16.5. The van der Waals surface area contributed by atoms with Crippen LogP contribution < -0.4 is 15.0 Å². The predicted molar refractivity (Wildman–Crippen MR) is 97.9 cm³/mol. The minimum absolute atomic E-state index is 0.00714. The number of likely N-dealkylation sites (N-methyl/N-ethyl adjacent to an activating group) is 1. The Kier molecular flexibility index (Phi) is 5.46. The van der Waals surface area contributed by atoms with E-state index in [4.69, 9.17) is 14.2 Å². The second kappa shape index (κ2) is 7.78. The molecule has 1 aliphatic rings. The lowest BCUT2D eigenvalue weighted by Crippen LogP contribution is -2.36. The Morgan fingerprint density at radius 3 is 2.73 bits per heavy atom. The van der Waals surface area contributed by atoms with Gasteiger partial charge < -0.3 is 23.7 Å². The standard InChI is InChI=1S/C19H24N2O5/c1-20(10-13-7-9-26-12-13)17(22)11-21-8-6-14-15(19(21)23)4-5-16(24-2)18(14)25-3/h4-6,8,13H,7,9-12H2,1-3H3/t13-/m1/s1. The van der Waals surface area contributed by atoms with Gasteiger partial charge >= 0.3 is 0 Å². The number of hydrogen-bond acceptors (Lipinski definition) is 5.